The summed E-state index contributed by atoms with van der Waals surface area (Å²) < 4.78 is 0. The Kier molecular flexibility index (Phi) is 4.82. The molecule has 0 saturated carbocycles. The molecule has 0 heterocycles. The first-order valence-corrected chi connectivity index (χ1v) is 6.49. The second-order valence-corrected chi connectivity index (χ2v) is 4.48. The number of nitro benzene ring substituents is 1. The molecule has 2 aromatic rings. The Labute approximate surface area is 127 Å². The highest BCUT2D eigenvalue weighted by atomic mass is 16.6. The number of para-hydroxylation sites is 1. The molecule has 0 bridgehead atoms. The lowest BCUT2D eigenvalue weighted by atomic mass is 10.1. The number of carbonyl (C=O) groups excluding carboxylic acids is 1. The first kappa shape index (κ1) is 15.2. The van der Waals surface area contributed by atoms with Crippen molar-refractivity contribution in [2.75, 3.05) is 0 Å². The molecule has 0 fully saturated rings. The number of aromatic hydroxyl groups is 1. The Balaban J connectivity index is 2.02. The molecule has 0 atom stereocenters. The Morgan fingerprint density at radius 2 is 1.64 bits per heavy atom. The van der Waals surface area contributed by atoms with E-state index in [-0.39, 0.29) is 17.2 Å². The van der Waals surface area contributed by atoms with E-state index >= 15 is 0 Å². The summed E-state index contributed by atoms with van der Waals surface area (Å²) >= 11 is 0. The fourth-order valence-corrected chi connectivity index (χ4v) is 1.74. The third kappa shape index (κ3) is 4.14. The van der Waals surface area contributed by atoms with Gasteiger partial charge in [-0.3, -0.25) is 14.9 Å². The van der Waals surface area contributed by atoms with Crippen LogP contribution in [0.3, 0.4) is 0 Å². The van der Waals surface area contributed by atoms with Crippen molar-refractivity contribution in [2.45, 2.75) is 0 Å². The van der Waals surface area contributed by atoms with E-state index in [0.29, 0.717) is 11.1 Å². The molecule has 0 spiro atoms. The molecule has 5 nitrogen and oxygen atoms in total. The van der Waals surface area contributed by atoms with Crippen LogP contribution in [-0.2, 0) is 4.79 Å². The molecule has 0 aliphatic carbocycles. The molecule has 22 heavy (non-hydrogen) atoms. The topological polar surface area (TPSA) is 80.4 Å². The van der Waals surface area contributed by atoms with Crippen LogP contribution < -0.4 is 0 Å². The zero-order valence-corrected chi connectivity index (χ0v) is 11.5. The molecular weight excluding hydrogens is 282 g/mol. The van der Waals surface area contributed by atoms with Gasteiger partial charge in [0.15, 0.2) is 5.78 Å². The summed E-state index contributed by atoms with van der Waals surface area (Å²) in [5, 5.41) is 20.1. The lowest BCUT2D eigenvalue weighted by molar-refractivity contribution is -0.384. The highest BCUT2D eigenvalue weighted by Crippen LogP contribution is 2.17. The number of ketones is 1. The van der Waals surface area contributed by atoms with Gasteiger partial charge < -0.3 is 5.11 Å². The molecule has 0 aliphatic heterocycles. The molecule has 1 N–H and O–H groups in total. The number of nitro groups is 1. The van der Waals surface area contributed by atoms with E-state index < -0.39 is 4.92 Å². The fraction of sp³-hybridized carbons (Fsp3) is 0. The number of non-ortho nitro benzene ring substituents is 1. The van der Waals surface area contributed by atoms with Crippen LogP contribution in [0.15, 0.2) is 60.7 Å². The van der Waals surface area contributed by atoms with Crippen LogP contribution in [0.4, 0.5) is 5.69 Å². The molecule has 0 aromatic heterocycles. The van der Waals surface area contributed by atoms with Gasteiger partial charge in [-0.15, -0.1) is 0 Å². The summed E-state index contributed by atoms with van der Waals surface area (Å²) in [6.45, 7) is 0. The van der Waals surface area contributed by atoms with Crippen molar-refractivity contribution in [2.24, 2.45) is 0 Å². The standard InChI is InChI=1S/C17H13NO4/c19-16(12-8-14-3-1-2-4-17(14)20)11-7-13-5-9-15(10-6-13)18(21)22/h1-12,20H. The Morgan fingerprint density at radius 3 is 2.27 bits per heavy atom. The van der Waals surface area contributed by atoms with E-state index in [0.717, 1.165) is 0 Å². The van der Waals surface area contributed by atoms with Crippen LogP contribution >= 0.6 is 0 Å². The summed E-state index contributed by atoms with van der Waals surface area (Å²) in [6, 6.07) is 12.6. The van der Waals surface area contributed by atoms with E-state index in [2.05, 4.69) is 0 Å². The molecule has 0 aliphatic rings. The Hall–Kier alpha value is -3.21. The third-order valence-electron chi connectivity index (χ3n) is 2.91. The van der Waals surface area contributed by atoms with Gasteiger partial charge in [0, 0.05) is 17.7 Å². The number of benzene rings is 2. The fourth-order valence-electron chi connectivity index (χ4n) is 1.74. The molecule has 2 rings (SSSR count). The van der Waals surface area contributed by atoms with Gasteiger partial charge in [-0.2, -0.15) is 0 Å². The largest absolute Gasteiger partial charge is 0.507 e. The molecule has 5 heteroatoms. The number of carbonyl (C=O) groups is 1. The quantitative estimate of drug-likeness (QED) is 0.519. The van der Waals surface area contributed by atoms with E-state index in [1.165, 1.54) is 36.4 Å². The van der Waals surface area contributed by atoms with E-state index in [9.17, 15) is 20.0 Å². The predicted molar refractivity (Wildman–Crippen MR) is 84.3 cm³/mol. The number of rotatable bonds is 5. The van der Waals surface area contributed by atoms with E-state index in [1.54, 1.807) is 36.4 Å². The van der Waals surface area contributed by atoms with Crippen molar-refractivity contribution >= 4 is 23.6 Å². The Bertz CT molecular complexity index is 746. The van der Waals surface area contributed by atoms with Gasteiger partial charge in [-0.1, -0.05) is 24.3 Å². The number of phenolic OH excluding ortho intramolecular Hbond substituents is 1. The smallest absolute Gasteiger partial charge is 0.269 e. The van der Waals surface area contributed by atoms with Gasteiger partial charge in [0.2, 0.25) is 0 Å². The van der Waals surface area contributed by atoms with Crippen molar-refractivity contribution in [1.82, 2.24) is 0 Å². The molecule has 0 unspecified atom stereocenters. The number of hydrogen-bond donors (Lipinski definition) is 1. The number of phenols is 1. The van der Waals surface area contributed by atoms with Gasteiger partial charge >= 0.3 is 0 Å². The van der Waals surface area contributed by atoms with Gasteiger partial charge in [0.1, 0.15) is 5.75 Å². The van der Waals surface area contributed by atoms with Crippen molar-refractivity contribution in [3.8, 4) is 5.75 Å². The number of hydrogen-bond acceptors (Lipinski definition) is 4. The predicted octanol–water partition coefficient (Wildman–Crippen LogP) is 3.60. The molecule has 0 saturated heterocycles. The SMILES string of the molecule is O=C(C=Cc1ccc([N+](=O)[O-])cc1)C=Cc1ccccc1O. The van der Waals surface area contributed by atoms with Gasteiger partial charge in [0.25, 0.3) is 5.69 Å². The van der Waals surface area contributed by atoms with Crippen LogP contribution in [0.1, 0.15) is 11.1 Å². The van der Waals surface area contributed by atoms with Crippen LogP contribution in [-0.4, -0.2) is 15.8 Å². The van der Waals surface area contributed by atoms with Crippen molar-refractivity contribution < 1.29 is 14.8 Å². The minimum atomic E-state index is -0.478. The molecule has 0 amide bonds. The van der Waals surface area contributed by atoms with Crippen LogP contribution in [0.5, 0.6) is 5.75 Å². The second kappa shape index (κ2) is 6.99. The number of allylic oxidation sites excluding steroid dienone is 2. The van der Waals surface area contributed by atoms with Gasteiger partial charge in [-0.05, 0) is 42.0 Å². The van der Waals surface area contributed by atoms with Crippen molar-refractivity contribution in [1.29, 1.82) is 0 Å². The lowest BCUT2D eigenvalue weighted by Crippen LogP contribution is -1.87. The van der Waals surface area contributed by atoms with Crippen LogP contribution in [0.25, 0.3) is 12.2 Å². The Morgan fingerprint density at radius 1 is 1.00 bits per heavy atom. The summed E-state index contributed by atoms with van der Waals surface area (Å²) in [6.07, 6.45) is 5.80. The van der Waals surface area contributed by atoms with Gasteiger partial charge in [-0.25, -0.2) is 0 Å². The maximum atomic E-state index is 11.7. The zero-order chi connectivity index (χ0) is 15.9. The van der Waals surface area contributed by atoms with Crippen molar-refractivity contribution in [3.63, 3.8) is 0 Å². The minimum Gasteiger partial charge on any atom is -0.507 e. The highest BCUT2D eigenvalue weighted by Gasteiger charge is 2.02. The minimum absolute atomic E-state index is 0.00271. The van der Waals surface area contributed by atoms with E-state index in [4.69, 9.17) is 0 Å². The molecule has 0 radical (unpaired) electrons. The van der Waals surface area contributed by atoms with Crippen molar-refractivity contribution in [3.05, 3.63) is 81.9 Å². The first-order chi connectivity index (χ1) is 10.6. The molecule has 2 aromatic carbocycles. The van der Waals surface area contributed by atoms with Crippen LogP contribution in [0.2, 0.25) is 0 Å². The first-order valence-electron chi connectivity index (χ1n) is 6.49. The van der Waals surface area contributed by atoms with Crippen LogP contribution in [0, 0.1) is 10.1 Å². The molecular formula is C17H13NO4. The molecule has 110 valence electrons. The number of nitrogens with zero attached hydrogens (tertiary/aromatic N) is 1. The summed E-state index contributed by atoms with van der Waals surface area (Å²) in [7, 11) is 0. The monoisotopic (exact) mass is 295 g/mol. The second-order valence-electron chi connectivity index (χ2n) is 4.48. The maximum absolute atomic E-state index is 11.7. The normalized spacial score (nSPS) is 11.1. The average molecular weight is 295 g/mol. The van der Waals surface area contributed by atoms with E-state index in [1.807, 2.05) is 0 Å². The summed E-state index contributed by atoms with van der Waals surface area (Å²) in [4.78, 5) is 21.8. The third-order valence-corrected chi connectivity index (χ3v) is 2.91. The summed E-state index contributed by atoms with van der Waals surface area (Å²) in [5.74, 6) is -0.146. The highest BCUT2D eigenvalue weighted by molar-refractivity contribution is 6.04. The summed E-state index contributed by atoms with van der Waals surface area (Å²) in [5.41, 5.74) is 1.25. The lowest BCUT2D eigenvalue weighted by Gasteiger charge is -1.96. The average Bonchev–Trinajstić information content (AvgIpc) is 2.52. The zero-order valence-electron chi connectivity index (χ0n) is 11.5. The maximum Gasteiger partial charge on any atom is 0.269 e. The van der Waals surface area contributed by atoms with Gasteiger partial charge in [0.05, 0.1) is 4.92 Å².